The highest BCUT2D eigenvalue weighted by Crippen LogP contribution is 2.32. The predicted molar refractivity (Wildman–Crippen MR) is 94.9 cm³/mol. The molecule has 0 aliphatic carbocycles. The van der Waals surface area contributed by atoms with Gasteiger partial charge in [-0.25, -0.2) is 4.98 Å². The smallest absolute Gasteiger partial charge is 0.134 e. The normalized spacial score (nSPS) is 14.5. The first-order valence-corrected chi connectivity index (χ1v) is 8.03. The first kappa shape index (κ1) is 14.0. The maximum Gasteiger partial charge on any atom is 0.134 e. The Morgan fingerprint density at radius 2 is 1.52 bits per heavy atom. The van der Waals surface area contributed by atoms with Crippen molar-refractivity contribution in [3.63, 3.8) is 0 Å². The van der Waals surface area contributed by atoms with Crippen LogP contribution in [0.2, 0.25) is 0 Å². The second-order valence-corrected chi connectivity index (χ2v) is 5.72. The average Bonchev–Trinajstić information content (AvgIpc) is 3.09. The molecule has 0 unspecified atom stereocenters. The summed E-state index contributed by atoms with van der Waals surface area (Å²) in [4.78, 5) is 8.49. The van der Waals surface area contributed by atoms with Crippen molar-refractivity contribution in [3.05, 3.63) is 72.6 Å². The Bertz CT molecular complexity index is 760. The lowest BCUT2D eigenvalue weighted by atomic mass is 10.1. The molecule has 2 N–H and O–H groups in total. The number of aromatic nitrogens is 2. The highest BCUT2D eigenvalue weighted by molar-refractivity contribution is 5.80. The maximum atomic E-state index is 4.93. The van der Waals surface area contributed by atoms with E-state index in [2.05, 4.69) is 64.9 Å². The fraction of sp³-hybridized carbons (Fsp3) is 0.150. The summed E-state index contributed by atoms with van der Waals surface area (Å²) >= 11 is 0. The molecule has 0 spiro atoms. The number of aromatic amines is 1. The number of imidazole rings is 1. The Balaban J connectivity index is 1.86. The summed E-state index contributed by atoms with van der Waals surface area (Å²) < 4.78 is 0. The van der Waals surface area contributed by atoms with Crippen LogP contribution in [-0.2, 0) is 0 Å². The minimum absolute atomic E-state index is 0.914. The number of rotatable bonds is 3. The van der Waals surface area contributed by atoms with Crippen LogP contribution in [0.15, 0.2) is 66.7 Å². The molecule has 1 aliphatic heterocycles. The van der Waals surface area contributed by atoms with Crippen LogP contribution in [0.1, 0.15) is 12.2 Å². The average molecular weight is 301 g/mol. The first-order chi connectivity index (χ1) is 11.4. The lowest BCUT2D eigenvalue weighted by Gasteiger charge is -2.11. The van der Waals surface area contributed by atoms with Crippen molar-refractivity contribution in [1.82, 2.24) is 15.3 Å². The number of hydrogen-bond acceptors (Lipinski definition) is 2. The molecule has 3 heteroatoms. The summed E-state index contributed by atoms with van der Waals surface area (Å²) in [6.07, 6.45) is 3.24. The lowest BCUT2D eigenvalue weighted by molar-refractivity contribution is 0.735. The molecule has 0 radical (unpaired) electrons. The minimum atomic E-state index is 0.914. The van der Waals surface area contributed by atoms with E-state index in [1.807, 2.05) is 12.1 Å². The number of nitrogens with zero attached hydrogens (tertiary/aromatic N) is 1. The monoisotopic (exact) mass is 301 g/mol. The summed E-state index contributed by atoms with van der Waals surface area (Å²) in [5, 5.41) is 3.35. The minimum Gasteiger partial charge on any atom is -0.338 e. The molecular formula is C20H19N3. The van der Waals surface area contributed by atoms with Crippen molar-refractivity contribution in [2.45, 2.75) is 6.42 Å². The molecule has 3 nitrogen and oxygen atoms in total. The first-order valence-electron chi connectivity index (χ1n) is 8.03. The van der Waals surface area contributed by atoms with Gasteiger partial charge in [-0.2, -0.15) is 0 Å². The summed E-state index contributed by atoms with van der Waals surface area (Å²) in [5.74, 6) is 0.990. The molecule has 3 aromatic rings. The van der Waals surface area contributed by atoms with Crippen LogP contribution in [-0.4, -0.2) is 23.1 Å². The van der Waals surface area contributed by atoms with Crippen molar-refractivity contribution in [2.75, 3.05) is 13.1 Å². The van der Waals surface area contributed by atoms with Gasteiger partial charge in [-0.15, -0.1) is 0 Å². The van der Waals surface area contributed by atoms with Gasteiger partial charge in [-0.05, 0) is 18.5 Å². The summed E-state index contributed by atoms with van der Waals surface area (Å²) in [6.45, 7) is 1.92. The fourth-order valence-electron chi connectivity index (χ4n) is 2.98. The molecule has 0 fully saturated rings. The van der Waals surface area contributed by atoms with Gasteiger partial charge in [0.05, 0.1) is 11.4 Å². The van der Waals surface area contributed by atoms with E-state index in [-0.39, 0.29) is 0 Å². The quantitative estimate of drug-likeness (QED) is 0.764. The molecule has 1 aromatic heterocycles. The summed E-state index contributed by atoms with van der Waals surface area (Å²) in [6, 6.07) is 20.8. The summed E-state index contributed by atoms with van der Waals surface area (Å²) in [5.41, 5.74) is 5.71. The largest absolute Gasteiger partial charge is 0.338 e. The van der Waals surface area contributed by atoms with Gasteiger partial charge < -0.3 is 10.3 Å². The van der Waals surface area contributed by atoms with Gasteiger partial charge in [-0.1, -0.05) is 66.7 Å². The van der Waals surface area contributed by atoms with Crippen molar-refractivity contribution < 1.29 is 0 Å². The van der Waals surface area contributed by atoms with Gasteiger partial charge in [0.2, 0.25) is 0 Å². The van der Waals surface area contributed by atoms with Crippen LogP contribution in [0.4, 0.5) is 0 Å². The molecule has 2 heterocycles. The molecule has 0 saturated heterocycles. The zero-order chi connectivity index (χ0) is 15.5. The maximum absolute atomic E-state index is 4.93. The topological polar surface area (TPSA) is 40.7 Å². The van der Waals surface area contributed by atoms with Crippen molar-refractivity contribution in [2.24, 2.45) is 0 Å². The molecule has 2 aromatic carbocycles. The Morgan fingerprint density at radius 1 is 0.826 bits per heavy atom. The van der Waals surface area contributed by atoms with Gasteiger partial charge in [0.1, 0.15) is 5.82 Å². The highest BCUT2D eigenvalue weighted by Gasteiger charge is 2.16. The van der Waals surface area contributed by atoms with E-state index in [4.69, 9.17) is 4.98 Å². The standard InChI is InChI=1S/C20H19N3/c1-3-7-15(8-4-1)18-19(16-9-5-2-6-10-16)23-20(22-18)17-11-13-21-14-12-17/h1-11,21H,12-14H2,(H,22,23). The number of H-pyrrole nitrogens is 1. The number of nitrogens with one attached hydrogen (secondary N) is 2. The van der Waals surface area contributed by atoms with Crippen LogP contribution >= 0.6 is 0 Å². The van der Waals surface area contributed by atoms with Gasteiger partial charge in [0.15, 0.2) is 0 Å². The molecule has 23 heavy (non-hydrogen) atoms. The van der Waals surface area contributed by atoms with E-state index in [1.54, 1.807) is 0 Å². The van der Waals surface area contributed by atoms with E-state index in [9.17, 15) is 0 Å². The van der Waals surface area contributed by atoms with Gasteiger partial charge in [0, 0.05) is 17.7 Å². The van der Waals surface area contributed by atoms with Gasteiger partial charge in [-0.3, -0.25) is 0 Å². The Kier molecular flexibility index (Phi) is 3.78. The third kappa shape index (κ3) is 2.83. The molecule has 114 valence electrons. The Labute approximate surface area is 136 Å². The fourth-order valence-corrected chi connectivity index (χ4v) is 2.98. The number of benzene rings is 2. The summed E-state index contributed by atoms with van der Waals surface area (Å²) in [7, 11) is 0. The number of hydrogen-bond donors (Lipinski definition) is 2. The van der Waals surface area contributed by atoms with Gasteiger partial charge >= 0.3 is 0 Å². The molecule has 0 bridgehead atoms. The van der Waals surface area contributed by atoms with Crippen LogP contribution < -0.4 is 5.32 Å². The Morgan fingerprint density at radius 3 is 2.17 bits per heavy atom. The molecular weight excluding hydrogens is 282 g/mol. The SMILES string of the molecule is C1=C(c2nc(-c3ccccc3)c(-c3ccccc3)[nH]2)CCNC1. The van der Waals surface area contributed by atoms with Crippen molar-refractivity contribution >= 4 is 5.57 Å². The molecule has 4 rings (SSSR count). The molecule has 0 saturated carbocycles. The molecule has 1 aliphatic rings. The third-order valence-electron chi connectivity index (χ3n) is 4.18. The van der Waals surface area contributed by atoms with E-state index < -0.39 is 0 Å². The zero-order valence-corrected chi connectivity index (χ0v) is 12.9. The van der Waals surface area contributed by atoms with E-state index in [0.717, 1.165) is 42.3 Å². The second-order valence-electron chi connectivity index (χ2n) is 5.72. The molecule has 0 amide bonds. The van der Waals surface area contributed by atoms with E-state index >= 15 is 0 Å². The van der Waals surface area contributed by atoms with Crippen molar-refractivity contribution in [3.8, 4) is 22.5 Å². The Hall–Kier alpha value is -2.65. The van der Waals surface area contributed by atoms with Crippen LogP contribution in [0, 0.1) is 0 Å². The van der Waals surface area contributed by atoms with Crippen LogP contribution in [0.3, 0.4) is 0 Å². The lowest BCUT2D eigenvalue weighted by Crippen LogP contribution is -2.20. The van der Waals surface area contributed by atoms with Crippen LogP contribution in [0.5, 0.6) is 0 Å². The third-order valence-corrected chi connectivity index (χ3v) is 4.18. The second kappa shape index (κ2) is 6.23. The predicted octanol–water partition coefficient (Wildman–Crippen LogP) is 4.12. The van der Waals surface area contributed by atoms with E-state index in [1.165, 1.54) is 11.1 Å². The van der Waals surface area contributed by atoms with E-state index in [0.29, 0.717) is 0 Å². The van der Waals surface area contributed by atoms with Crippen molar-refractivity contribution in [1.29, 1.82) is 0 Å². The van der Waals surface area contributed by atoms with Gasteiger partial charge in [0.25, 0.3) is 0 Å². The highest BCUT2D eigenvalue weighted by atomic mass is 15.0. The zero-order valence-electron chi connectivity index (χ0n) is 12.9. The van der Waals surface area contributed by atoms with Crippen LogP contribution in [0.25, 0.3) is 28.1 Å². The molecule has 0 atom stereocenters.